The zero-order valence-electron chi connectivity index (χ0n) is 17.0. The van der Waals surface area contributed by atoms with E-state index in [9.17, 15) is 14.4 Å². The van der Waals surface area contributed by atoms with E-state index in [2.05, 4.69) is 10.3 Å². The summed E-state index contributed by atoms with van der Waals surface area (Å²) >= 11 is 0. The molecule has 1 unspecified atom stereocenters. The maximum absolute atomic E-state index is 12.4. The first-order valence-electron chi connectivity index (χ1n) is 9.38. The molecule has 8 heteroatoms. The zero-order chi connectivity index (χ0) is 21.7. The molecule has 0 aliphatic rings. The van der Waals surface area contributed by atoms with Crippen molar-refractivity contribution in [3.05, 3.63) is 82.0 Å². The van der Waals surface area contributed by atoms with Gasteiger partial charge in [-0.15, -0.1) is 0 Å². The Labute approximate surface area is 173 Å². The number of rotatable bonds is 7. The monoisotopic (exact) mass is 409 g/mol. The molecular formula is C22H23N3O5. The number of H-pyrrole nitrogens is 1. The van der Waals surface area contributed by atoms with Gasteiger partial charge in [0.05, 0.1) is 18.4 Å². The van der Waals surface area contributed by atoms with Gasteiger partial charge in [0.2, 0.25) is 0 Å². The minimum Gasteiger partial charge on any atom is -0.496 e. The van der Waals surface area contributed by atoms with E-state index in [1.54, 1.807) is 50.6 Å². The molecule has 1 aromatic heterocycles. The summed E-state index contributed by atoms with van der Waals surface area (Å²) in [5, 5.41) is 2.73. The molecule has 0 saturated heterocycles. The molecule has 2 N–H and O–H groups in total. The number of carbonyl (C=O) groups excluding carboxylic acids is 2. The number of imidazole rings is 1. The van der Waals surface area contributed by atoms with Gasteiger partial charge in [0, 0.05) is 24.0 Å². The average Bonchev–Trinajstić information content (AvgIpc) is 3.10. The van der Waals surface area contributed by atoms with Crippen molar-refractivity contribution in [2.45, 2.75) is 26.5 Å². The summed E-state index contributed by atoms with van der Waals surface area (Å²) in [4.78, 5) is 39.1. The van der Waals surface area contributed by atoms with E-state index in [-0.39, 0.29) is 17.8 Å². The predicted octanol–water partition coefficient (Wildman–Crippen LogP) is 2.34. The van der Waals surface area contributed by atoms with Gasteiger partial charge in [-0.1, -0.05) is 18.2 Å². The fourth-order valence-electron chi connectivity index (χ4n) is 2.98. The van der Waals surface area contributed by atoms with Crippen LogP contribution in [-0.2, 0) is 16.1 Å². The molecule has 3 aromatic rings. The second-order valence-corrected chi connectivity index (χ2v) is 6.69. The molecule has 156 valence electrons. The Hall–Kier alpha value is -3.81. The van der Waals surface area contributed by atoms with Gasteiger partial charge in [0.15, 0.2) is 6.10 Å². The van der Waals surface area contributed by atoms with Crippen molar-refractivity contribution < 1.29 is 19.1 Å². The molecule has 30 heavy (non-hydrogen) atoms. The molecule has 2 aromatic carbocycles. The molecule has 8 nitrogen and oxygen atoms in total. The van der Waals surface area contributed by atoms with Crippen LogP contribution in [0.4, 0.5) is 0 Å². The third-order valence-electron chi connectivity index (χ3n) is 4.62. The van der Waals surface area contributed by atoms with Crippen molar-refractivity contribution in [3.63, 3.8) is 0 Å². The quantitative estimate of drug-likeness (QED) is 0.583. The van der Waals surface area contributed by atoms with E-state index >= 15 is 0 Å². The summed E-state index contributed by atoms with van der Waals surface area (Å²) in [5.41, 5.74) is 2.21. The number of aromatic amines is 1. The highest BCUT2D eigenvalue weighted by Crippen LogP contribution is 2.17. The van der Waals surface area contributed by atoms with Gasteiger partial charge in [0.1, 0.15) is 5.75 Å². The molecule has 0 fully saturated rings. The lowest BCUT2D eigenvalue weighted by Crippen LogP contribution is -2.35. The summed E-state index contributed by atoms with van der Waals surface area (Å²) in [7, 11) is 1.56. The Balaban J connectivity index is 1.59. The van der Waals surface area contributed by atoms with Crippen LogP contribution in [0.5, 0.6) is 5.75 Å². The number of benzene rings is 2. The number of hydrogen-bond donors (Lipinski definition) is 2. The van der Waals surface area contributed by atoms with Gasteiger partial charge in [-0.2, -0.15) is 0 Å². The molecule has 0 radical (unpaired) electrons. The van der Waals surface area contributed by atoms with Gasteiger partial charge in [-0.3, -0.25) is 9.36 Å². The van der Waals surface area contributed by atoms with Crippen LogP contribution in [0.3, 0.4) is 0 Å². The molecule has 1 amide bonds. The molecule has 0 aliphatic carbocycles. The summed E-state index contributed by atoms with van der Waals surface area (Å²) < 4.78 is 12.0. The SMILES string of the molecule is COc1ccccc1CNC(=O)C(C)OC(=O)c1ccc(-n2c(C)c[nH]c2=O)cc1. The van der Waals surface area contributed by atoms with Crippen LogP contribution in [-0.4, -0.2) is 34.6 Å². The highest BCUT2D eigenvalue weighted by molar-refractivity contribution is 5.92. The van der Waals surface area contributed by atoms with Crippen molar-refractivity contribution >= 4 is 11.9 Å². The molecule has 1 atom stereocenters. The summed E-state index contributed by atoms with van der Waals surface area (Å²) in [6.07, 6.45) is 0.636. The summed E-state index contributed by atoms with van der Waals surface area (Å²) in [6, 6.07) is 13.7. The Bertz CT molecular complexity index is 1100. The topological polar surface area (TPSA) is 102 Å². The van der Waals surface area contributed by atoms with Gasteiger partial charge in [0.25, 0.3) is 5.91 Å². The normalized spacial score (nSPS) is 11.6. The minimum atomic E-state index is -0.971. The second kappa shape index (κ2) is 9.13. The Kier molecular flexibility index (Phi) is 6.36. The number of para-hydroxylation sites is 1. The maximum Gasteiger partial charge on any atom is 0.338 e. The molecule has 3 rings (SSSR count). The lowest BCUT2D eigenvalue weighted by atomic mass is 10.2. The molecule has 1 heterocycles. The third-order valence-corrected chi connectivity index (χ3v) is 4.62. The van der Waals surface area contributed by atoms with Crippen molar-refractivity contribution in [1.29, 1.82) is 0 Å². The van der Waals surface area contributed by atoms with Crippen LogP contribution >= 0.6 is 0 Å². The lowest BCUT2D eigenvalue weighted by molar-refractivity contribution is -0.129. The number of carbonyl (C=O) groups is 2. The summed E-state index contributed by atoms with van der Waals surface area (Å²) in [6.45, 7) is 3.56. The van der Waals surface area contributed by atoms with Gasteiger partial charge in [-0.05, 0) is 44.2 Å². The van der Waals surface area contributed by atoms with Crippen molar-refractivity contribution in [2.75, 3.05) is 7.11 Å². The number of nitrogens with one attached hydrogen (secondary N) is 2. The number of amides is 1. The fourth-order valence-corrected chi connectivity index (χ4v) is 2.98. The highest BCUT2D eigenvalue weighted by atomic mass is 16.5. The van der Waals surface area contributed by atoms with Crippen molar-refractivity contribution in [3.8, 4) is 11.4 Å². The number of methoxy groups -OCH3 is 1. The van der Waals surface area contributed by atoms with Gasteiger partial charge < -0.3 is 19.8 Å². The van der Waals surface area contributed by atoms with Gasteiger partial charge in [-0.25, -0.2) is 9.59 Å². The standard InChI is InChI=1S/C22H23N3O5/c1-14-12-24-22(28)25(14)18-10-8-16(9-11-18)21(27)30-15(2)20(26)23-13-17-6-4-5-7-19(17)29-3/h4-12,15H,13H2,1-3H3,(H,23,26)(H,24,28). The van der Waals surface area contributed by atoms with E-state index in [1.165, 1.54) is 11.5 Å². The van der Waals surface area contributed by atoms with Crippen LogP contribution < -0.4 is 15.7 Å². The third kappa shape index (κ3) is 4.60. The number of ether oxygens (including phenoxy) is 2. The molecule has 0 aliphatic heterocycles. The van der Waals surface area contributed by atoms with Crippen LogP contribution in [0.15, 0.2) is 59.5 Å². The Morgan fingerprint density at radius 1 is 1.13 bits per heavy atom. The molecule has 0 spiro atoms. The molecule has 0 bridgehead atoms. The first-order valence-corrected chi connectivity index (χ1v) is 9.38. The van der Waals surface area contributed by atoms with Crippen LogP contribution in [0.1, 0.15) is 28.5 Å². The molecule has 0 saturated carbocycles. The Morgan fingerprint density at radius 2 is 1.83 bits per heavy atom. The van der Waals surface area contributed by atoms with Crippen LogP contribution in [0, 0.1) is 6.92 Å². The van der Waals surface area contributed by atoms with E-state index in [0.29, 0.717) is 11.4 Å². The van der Waals surface area contributed by atoms with E-state index in [1.807, 2.05) is 18.2 Å². The molecular weight excluding hydrogens is 386 g/mol. The first kappa shape index (κ1) is 20.9. The predicted molar refractivity (Wildman–Crippen MR) is 111 cm³/mol. The largest absolute Gasteiger partial charge is 0.496 e. The first-order chi connectivity index (χ1) is 14.4. The van der Waals surface area contributed by atoms with Crippen molar-refractivity contribution in [2.24, 2.45) is 0 Å². The van der Waals surface area contributed by atoms with Gasteiger partial charge >= 0.3 is 11.7 Å². The minimum absolute atomic E-state index is 0.254. The summed E-state index contributed by atoms with van der Waals surface area (Å²) in [5.74, 6) is -0.376. The Morgan fingerprint density at radius 3 is 2.47 bits per heavy atom. The number of hydrogen-bond acceptors (Lipinski definition) is 5. The smallest absolute Gasteiger partial charge is 0.338 e. The van der Waals surface area contributed by atoms with E-state index < -0.39 is 18.0 Å². The lowest BCUT2D eigenvalue weighted by Gasteiger charge is -2.15. The zero-order valence-corrected chi connectivity index (χ0v) is 17.0. The number of esters is 1. The van der Waals surface area contributed by atoms with E-state index in [0.717, 1.165) is 11.3 Å². The second-order valence-electron chi connectivity index (χ2n) is 6.69. The van der Waals surface area contributed by atoms with Crippen LogP contribution in [0.2, 0.25) is 0 Å². The van der Waals surface area contributed by atoms with Crippen LogP contribution in [0.25, 0.3) is 5.69 Å². The fraction of sp³-hybridized carbons (Fsp3) is 0.227. The highest BCUT2D eigenvalue weighted by Gasteiger charge is 2.19. The average molecular weight is 409 g/mol. The van der Waals surface area contributed by atoms with E-state index in [4.69, 9.17) is 9.47 Å². The maximum atomic E-state index is 12.4. The number of aryl methyl sites for hydroxylation is 1. The number of nitrogens with zero attached hydrogens (tertiary/aromatic N) is 1. The van der Waals surface area contributed by atoms with Crippen molar-refractivity contribution in [1.82, 2.24) is 14.9 Å². The number of aromatic nitrogens is 2.